The van der Waals surface area contributed by atoms with Crippen molar-refractivity contribution >= 4 is 28.7 Å². The molecule has 0 bridgehead atoms. The summed E-state index contributed by atoms with van der Waals surface area (Å²) in [6, 6.07) is 14.5. The Morgan fingerprint density at radius 1 is 1.06 bits per heavy atom. The predicted octanol–water partition coefficient (Wildman–Crippen LogP) is 2.92. The number of nitrogens with two attached hydrogens (primary N) is 1. The van der Waals surface area contributed by atoms with Crippen LogP contribution in [0.1, 0.15) is 23.2 Å². The number of pyridine rings is 1. The fourth-order valence-corrected chi connectivity index (χ4v) is 3.82. The summed E-state index contributed by atoms with van der Waals surface area (Å²) in [5, 5.41) is 0.595. The number of ether oxygens (including phenoxy) is 1. The number of nitrogens with zero attached hydrogens (tertiary/aromatic N) is 2. The van der Waals surface area contributed by atoms with Gasteiger partial charge in [-0.05, 0) is 49.2 Å². The van der Waals surface area contributed by atoms with Crippen molar-refractivity contribution in [2.24, 2.45) is 11.7 Å². The van der Waals surface area contributed by atoms with E-state index in [1.807, 2.05) is 0 Å². The van der Waals surface area contributed by atoms with Crippen molar-refractivity contribution in [2.75, 3.05) is 19.7 Å². The van der Waals surface area contributed by atoms with Gasteiger partial charge in [-0.25, -0.2) is 14.2 Å². The normalized spacial score (nSPS) is 14.3. The second-order valence-corrected chi connectivity index (χ2v) is 7.71. The summed E-state index contributed by atoms with van der Waals surface area (Å²) in [6.07, 6.45) is 1.01. The molecule has 0 atom stereocenters. The Kier molecular flexibility index (Phi) is 6.11. The molecule has 0 saturated carbocycles. The topological polar surface area (TPSA) is 103 Å². The summed E-state index contributed by atoms with van der Waals surface area (Å²) >= 11 is 0. The summed E-state index contributed by atoms with van der Waals surface area (Å²) in [4.78, 5) is 42.8. The molecule has 8 heteroatoms. The molecular formula is C24H22FN3O4. The molecule has 7 nitrogen and oxygen atoms in total. The zero-order chi connectivity index (χ0) is 22.7. The quantitative estimate of drug-likeness (QED) is 0.621. The molecule has 2 amide bonds. The Labute approximate surface area is 184 Å². The molecule has 0 unspecified atom stereocenters. The number of piperidine rings is 1. The first kappa shape index (κ1) is 21.4. The monoisotopic (exact) mass is 435 g/mol. The van der Waals surface area contributed by atoms with Crippen LogP contribution in [0, 0.1) is 11.7 Å². The van der Waals surface area contributed by atoms with Crippen LogP contribution in [0.2, 0.25) is 0 Å². The van der Waals surface area contributed by atoms with Crippen LogP contribution in [0.3, 0.4) is 0 Å². The minimum Gasteiger partial charge on any atom is -0.452 e. The van der Waals surface area contributed by atoms with Crippen LogP contribution in [-0.4, -0.2) is 47.4 Å². The van der Waals surface area contributed by atoms with E-state index in [2.05, 4.69) is 4.98 Å². The fraction of sp³-hybridized carbons (Fsp3) is 0.250. The largest absolute Gasteiger partial charge is 0.452 e. The predicted molar refractivity (Wildman–Crippen MR) is 116 cm³/mol. The second kappa shape index (κ2) is 9.13. The molecule has 1 fully saturated rings. The van der Waals surface area contributed by atoms with Gasteiger partial charge in [0.1, 0.15) is 5.82 Å². The van der Waals surface area contributed by atoms with E-state index in [0.29, 0.717) is 48.1 Å². The molecule has 32 heavy (non-hydrogen) atoms. The number of benzene rings is 2. The maximum absolute atomic E-state index is 13.3. The molecule has 2 heterocycles. The fourth-order valence-electron chi connectivity index (χ4n) is 3.82. The second-order valence-electron chi connectivity index (χ2n) is 7.71. The summed E-state index contributed by atoms with van der Waals surface area (Å²) in [5.74, 6) is -1.92. The van der Waals surface area contributed by atoms with E-state index in [-0.39, 0.29) is 29.1 Å². The van der Waals surface area contributed by atoms with Crippen molar-refractivity contribution < 1.29 is 23.5 Å². The van der Waals surface area contributed by atoms with E-state index in [0.717, 1.165) is 0 Å². The summed E-state index contributed by atoms with van der Waals surface area (Å²) in [7, 11) is 0. The first-order valence-corrected chi connectivity index (χ1v) is 10.3. The van der Waals surface area contributed by atoms with Gasteiger partial charge >= 0.3 is 5.97 Å². The van der Waals surface area contributed by atoms with Gasteiger partial charge in [-0.2, -0.15) is 0 Å². The third kappa shape index (κ3) is 4.59. The van der Waals surface area contributed by atoms with Gasteiger partial charge in [0.15, 0.2) is 6.61 Å². The SMILES string of the molecule is NC(=O)C1CCN(C(=O)COC(=O)c2cc(-c3ccc(F)cc3)nc3ccccc23)CC1. The maximum atomic E-state index is 13.3. The molecular weight excluding hydrogens is 413 g/mol. The van der Waals surface area contributed by atoms with E-state index >= 15 is 0 Å². The number of carbonyl (C=O) groups excluding carboxylic acids is 3. The molecule has 0 radical (unpaired) electrons. The molecule has 2 aromatic carbocycles. The number of hydrogen-bond donors (Lipinski definition) is 1. The Hall–Kier alpha value is -3.81. The van der Waals surface area contributed by atoms with E-state index in [1.165, 1.54) is 12.1 Å². The van der Waals surface area contributed by atoms with Crippen LogP contribution >= 0.6 is 0 Å². The third-order valence-corrected chi connectivity index (χ3v) is 5.65. The van der Waals surface area contributed by atoms with Gasteiger partial charge in [0.25, 0.3) is 5.91 Å². The number of rotatable bonds is 5. The van der Waals surface area contributed by atoms with E-state index in [1.54, 1.807) is 47.4 Å². The molecule has 1 aromatic heterocycles. The van der Waals surface area contributed by atoms with Gasteiger partial charge < -0.3 is 15.4 Å². The lowest BCUT2D eigenvalue weighted by Gasteiger charge is -2.30. The number of primary amides is 1. The minimum atomic E-state index is -0.646. The van der Waals surface area contributed by atoms with Gasteiger partial charge in [-0.1, -0.05) is 18.2 Å². The van der Waals surface area contributed by atoms with Gasteiger partial charge in [0.2, 0.25) is 5.91 Å². The molecule has 1 saturated heterocycles. The Morgan fingerprint density at radius 2 is 1.75 bits per heavy atom. The number of halogens is 1. The minimum absolute atomic E-state index is 0.227. The lowest BCUT2D eigenvalue weighted by molar-refractivity contribution is -0.137. The van der Waals surface area contributed by atoms with Crippen LogP contribution in [0.15, 0.2) is 54.6 Å². The molecule has 0 aliphatic carbocycles. The van der Waals surface area contributed by atoms with E-state index in [4.69, 9.17) is 10.5 Å². The van der Waals surface area contributed by atoms with Gasteiger partial charge in [0.05, 0.1) is 16.8 Å². The molecule has 164 valence electrons. The zero-order valence-corrected chi connectivity index (χ0v) is 17.3. The standard InChI is InChI=1S/C24H22FN3O4/c25-17-7-5-15(6-8-17)21-13-19(18-3-1-2-4-20(18)27-21)24(31)32-14-22(29)28-11-9-16(10-12-28)23(26)30/h1-8,13,16H,9-12,14H2,(H2,26,30). The molecule has 1 aliphatic rings. The van der Waals surface area contributed by atoms with Gasteiger partial charge in [-0.3, -0.25) is 9.59 Å². The third-order valence-electron chi connectivity index (χ3n) is 5.65. The van der Waals surface area contributed by atoms with Crippen molar-refractivity contribution in [3.05, 3.63) is 66.0 Å². The van der Waals surface area contributed by atoms with Crippen LogP contribution in [-0.2, 0) is 14.3 Å². The number of fused-ring (bicyclic) bond motifs is 1. The average molecular weight is 435 g/mol. The first-order valence-electron chi connectivity index (χ1n) is 10.3. The Balaban J connectivity index is 1.51. The number of amides is 2. The smallest absolute Gasteiger partial charge is 0.339 e. The van der Waals surface area contributed by atoms with Gasteiger partial charge in [-0.15, -0.1) is 0 Å². The molecule has 3 aromatic rings. The molecule has 2 N–H and O–H groups in total. The number of para-hydroxylation sites is 1. The number of carbonyl (C=O) groups is 3. The summed E-state index contributed by atoms with van der Waals surface area (Å²) in [5.41, 5.74) is 7.33. The van der Waals surface area contributed by atoms with Crippen LogP contribution in [0.5, 0.6) is 0 Å². The van der Waals surface area contributed by atoms with Crippen molar-refractivity contribution in [3.8, 4) is 11.3 Å². The number of esters is 1. The molecule has 0 spiro atoms. The van der Waals surface area contributed by atoms with Crippen molar-refractivity contribution in [1.82, 2.24) is 9.88 Å². The van der Waals surface area contributed by atoms with Crippen molar-refractivity contribution in [3.63, 3.8) is 0 Å². The van der Waals surface area contributed by atoms with Crippen LogP contribution in [0.4, 0.5) is 4.39 Å². The van der Waals surface area contributed by atoms with Crippen LogP contribution in [0.25, 0.3) is 22.2 Å². The lowest BCUT2D eigenvalue weighted by atomic mass is 9.96. The maximum Gasteiger partial charge on any atom is 0.339 e. The molecule has 1 aliphatic heterocycles. The number of hydrogen-bond acceptors (Lipinski definition) is 5. The number of aromatic nitrogens is 1. The molecule has 4 rings (SSSR count). The van der Waals surface area contributed by atoms with Crippen molar-refractivity contribution in [1.29, 1.82) is 0 Å². The first-order chi connectivity index (χ1) is 15.4. The highest BCUT2D eigenvalue weighted by Gasteiger charge is 2.26. The lowest BCUT2D eigenvalue weighted by Crippen LogP contribution is -2.43. The highest BCUT2D eigenvalue weighted by atomic mass is 19.1. The Morgan fingerprint density at radius 3 is 2.44 bits per heavy atom. The average Bonchev–Trinajstić information content (AvgIpc) is 2.82. The summed E-state index contributed by atoms with van der Waals surface area (Å²) in [6.45, 7) is 0.399. The van der Waals surface area contributed by atoms with Crippen LogP contribution < -0.4 is 5.73 Å². The van der Waals surface area contributed by atoms with E-state index in [9.17, 15) is 18.8 Å². The summed E-state index contributed by atoms with van der Waals surface area (Å²) < 4.78 is 18.6. The van der Waals surface area contributed by atoms with E-state index < -0.39 is 12.6 Å². The van der Waals surface area contributed by atoms with Gasteiger partial charge in [0, 0.05) is 30.0 Å². The zero-order valence-electron chi connectivity index (χ0n) is 17.3. The number of likely N-dealkylation sites (tertiary alicyclic amines) is 1. The van der Waals surface area contributed by atoms with Crippen molar-refractivity contribution in [2.45, 2.75) is 12.8 Å². The Bertz CT molecular complexity index is 1170. The highest BCUT2D eigenvalue weighted by Crippen LogP contribution is 2.26. The highest BCUT2D eigenvalue weighted by molar-refractivity contribution is 6.05.